The standard InChI is InChI=1S/C18H17NO5/c1-23-17(21)12-24-15-10-6-5-9-14(15)18(22)19-16(20)11-13-7-3-2-4-8-13/h2-10H,11-12H2,1H3,(H,19,20,22). The number of rotatable bonds is 6. The number of esters is 1. The summed E-state index contributed by atoms with van der Waals surface area (Å²) in [5.74, 6) is -1.37. The van der Waals surface area contributed by atoms with E-state index in [-0.39, 0.29) is 24.3 Å². The molecule has 2 amide bonds. The van der Waals surface area contributed by atoms with Gasteiger partial charge in [0.15, 0.2) is 6.61 Å². The van der Waals surface area contributed by atoms with Crippen molar-refractivity contribution in [3.05, 3.63) is 65.7 Å². The zero-order valence-electron chi connectivity index (χ0n) is 13.2. The van der Waals surface area contributed by atoms with E-state index in [0.717, 1.165) is 5.56 Å². The molecule has 0 aliphatic carbocycles. The average Bonchev–Trinajstić information content (AvgIpc) is 2.60. The molecule has 24 heavy (non-hydrogen) atoms. The molecule has 0 saturated carbocycles. The van der Waals surface area contributed by atoms with E-state index in [0.29, 0.717) is 0 Å². The third kappa shape index (κ3) is 4.95. The van der Waals surface area contributed by atoms with Gasteiger partial charge in [-0.15, -0.1) is 0 Å². The number of benzene rings is 2. The first kappa shape index (κ1) is 17.2. The van der Waals surface area contributed by atoms with Crippen LogP contribution in [-0.4, -0.2) is 31.5 Å². The molecular weight excluding hydrogens is 310 g/mol. The summed E-state index contributed by atoms with van der Waals surface area (Å²) in [6.07, 6.45) is 0.0950. The van der Waals surface area contributed by atoms with Gasteiger partial charge in [-0.05, 0) is 17.7 Å². The van der Waals surface area contributed by atoms with Crippen LogP contribution in [0.2, 0.25) is 0 Å². The van der Waals surface area contributed by atoms with Crippen LogP contribution in [0.3, 0.4) is 0 Å². The van der Waals surface area contributed by atoms with Crippen molar-refractivity contribution in [3.8, 4) is 5.75 Å². The molecule has 0 heterocycles. The molecule has 6 heteroatoms. The Morgan fingerprint density at radius 3 is 2.33 bits per heavy atom. The SMILES string of the molecule is COC(=O)COc1ccccc1C(=O)NC(=O)Cc1ccccc1. The van der Waals surface area contributed by atoms with Gasteiger partial charge in [0.05, 0.1) is 19.1 Å². The summed E-state index contributed by atoms with van der Waals surface area (Å²) in [6.45, 7) is -0.321. The minimum Gasteiger partial charge on any atom is -0.481 e. The van der Waals surface area contributed by atoms with Crippen LogP contribution in [0.5, 0.6) is 5.75 Å². The van der Waals surface area contributed by atoms with Gasteiger partial charge in [-0.1, -0.05) is 42.5 Å². The van der Waals surface area contributed by atoms with Crippen molar-refractivity contribution in [1.82, 2.24) is 5.32 Å². The molecule has 0 unspecified atom stereocenters. The summed E-state index contributed by atoms with van der Waals surface area (Å²) in [4.78, 5) is 35.4. The van der Waals surface area contributed by atoms with Gasteiger partial charge >= 0.3 is 5.97 Å². The number of imide groups is 1. The Balaban J connectivity index is 2.01. The smallest absolute Gasteiger partial charge is 0.343 e. The van der Waals surface area contributed by atoms with E-state index in [9.17, 15) is 14.4 Å². The number of ether oxygens (including phenoxy) is 2. The van der Waals surface area contributed by atoms with Crippen molar-refractivity contribution in [2.45, 2.75) is 6.42 Å². The van der Waals surface area contributed by atoms with Gasteiger partial charge in [0.2, 0.25) is 5.91 Å². The highest BCUT2D eigenvalue weighted by Gasteiger charge is 2.16. The van der Waals surface area contributed by atoms with E-state index in [2.05, 4.69) is 10.1 Å². The number of methoxy groups -OCH3 is 1. The van der Waals surface area contributed by atoms with Crippen molar-refractivity contribution in [2.75, 3.05) is 13.7 Å². The minimum atomic E-state index is -0.587. The van der Waals surface area contributed by atoms with Crippen molar-refractivity contribution >= 4 is 17.8 Å². The third-order valence-electron chi connectivity index (χ3n) is 3.17. The Hall–Kier alpha value is -3.15. The lowest BCUT2D eigenvalue weighted by Gasteiger charge is -2.10. The van der Waals surface area contributed by atoms with Crippen molar-refractivity contribution in [2.24, 2.45) is 0 Å². The quantitative estimate of drug-likeness (QED) is 0.817. The van der Waals surface area contributed by atoms with Crippen LogP contribution in [0.15, 0.2) is 54.6 Å². The fourth-order valence-corrected chi connectivity index (χ4v) is 2.00. The maximum atomic E-state index is 12.3. The van der Waals surface area contributed by atoms with Crippen molar-refractivity contribution in [3.63, 3.8) is 0 Å². The number of hydrogen-bond acceptors (Lipinski definition) is 5. The lowest BCUT2D eigenvalue weighted by Crippen LogP contribution is -2.32. The zero-order chi connectivity index (χ0) is 17.4. The zero-order valence-corrected chi connectivity index (χ0v) is 13.2. The summed E-state index contributed by atoms with van der Waals surface area (Å²) in [7, 11) is 1.24. The van der Waals surface area contributed by atoms with E-state index in [1.165, 1.54) is 13.2 Å². The molecular formula is C18H17NO5. The van der Waals surface area contributed by atoms with Crippen LogP contribution in [0.4, 0.5) is 0 Å². The lowest BCUT2D eigenvalue weighted by atomic mass is 10.1. The number of carbonyl (C=O) groups is 3. The highest BCUT2D eigenvalue weighted by molar-refractivity contribution is 6.06. The van der Waals surface area contributed by atoms with Gasteiger partial charge < -0.3 is 9.47 Å². The molecule has 0 fully saturated rings. The van der Waals surface area contributed by atoms with Gasteiger partial charge in [-0.2, -0.15) is 0 Å². The van der Waals surface area contributed by atoms with Crippen molar-refractivity contribution < 1.29 is 23.9 Å². The Labute approximate surface area is 139 Å². The summed E-state index contributed by atoms with van der Waals surface area (Å²) >= 11 is 0. The highest BCUT2D eigenvalue weighted by atomic mass is 16.6. The van der Waals surface area contributed by atoms with Gasteiger partial charge in [-0.25, -0.2) is 4.79 Å². The number of carbonyl (C=O) groups excluding carboxylic acids is 3. The maximum Gasteiger partial charge on any atom is 0.343 e. The van der Waals surface area contributed by atoms with Crippen LogP contribution >= 0.6 is 0 Å². The molecule has 0 radical (unpaired) electrons. The van der Waals surface area contributed by atoms with E-state index >= 15 is 0 Å². The van der Waals surface area contributed by atoms with Crippen LogP contribution in [0.25, 0.3) is 0 Å². The summed E-state index contributed by atoms with van der Waals surface area (Å²) in [6, 6.07) is 15.4. The molecule has 1 N–H and O–H groups in total. The first-order valence-electron chi connectivity index (χ1n) is 7.27. The number of para-hydroxylation sites is 1. The Morgan fingerprint density at radius 2 is 1.62 bits per heavy atom. The van der Waals surface area contributed by atoms with Crippen LogP contribution < -0.4 is 10.1 Å². The second-order valence-corrected chi connectivity index (χ2v) is 4.90. The lowest BCUT2D eigenvalue weighted by molar-refractivity contribution is -0.142. The Morgan fingerprint density at radius 1 is 0.958 bits per heavy atom. The molecule has 0 aromatic heterocycles. The van der Waals surface area contributed by atoms with Gasteiger partial charge in [0, 0.05) is 0 Å². The van der Waals surface area contributed by atoms with Gasteiger partial charge in [-0.3, -0.25) is 14.9 Å². The predicted octanol–water partition coefficient (Wildman–Crippen LogP) is 1.74. The van der Waals surface area contributed by atoms with Crippen molar-refractivity contribution in [1.29, 1.82) is 0 Å². The Bertz CT molecular complexity index is 727. The topological polar surface area (TPSA) is 81.7 Å². The molecule has 2 rings (SSSR count). The highest BCUT2D eigenvalue weighted by Crippen LogP contribution is 2.17. The monoisotopic (exact) mass is 327 g/mol. The first-order valence-corrected chi connectivity index (χ1v) is 7.27. The van der Waals surface area contributed by atoms with Gasteiger partial charge in [0.25, 0.3) is 5.91 Å². The minimum absolute atomic E-state index is 0.0950. The van der Waals surface area contributed by atoms with E-state index in [1.807, 2.05) is 18.2 Å². The van der Waals surface area contributed by atoms with Crippen LogP contribution in [-0.2, 0) is 20.7 Å². The predicted molar refractivity (Wildman–Crippen MR) is 86.6 cm³/mol. The summed E-state index contributed by atoms with van der Waals surface area (Å²) in [5, 5.41) is 2.31. The molecule has 0 aliphatic rings. The molecule has 6 nitrogen and oxygen atoms in total. The third-order valence-corrected chi connectivity index (χ3v) is 3.17. The molecule has 0 bridgehead atoms. The molecule has 0 saturated heterocycles. The number of hydrogen-bond donors (Lipinski definition) is 1. The first-order chi connectivity index (χ1) is 11.6. The van der Waals surface area contributed by atoms with E-state index < -0.39 is 17.8 Å². The number of amides is 2. The molecule has 2 aromatic rings. The second kappa shape index (κ2) is 8.47. The fourth-order valence-electron chi connectivity index (χ4n) is 2.00. The molecule has 0 spiro atoms. The largest absolute Gasteiger partial charge is 0.481 e. The molecule has 124 valence electrons. The Kier molecular flexibility index (Phi) is 6.08. The van der Waals surface area contributed by atoms with Crippen LogP contribution in [0.1, 0.15) is 15.9 Å². The van der Waals surface area contributed by atoms with Crippen LogP contribution in [0, 0.1) is 0 Å². The maximum absolute atomic E-state index is 12.3. The molecule has 0 aliphatic heterocycles. The van der Waals surface area contributed by atoms with E-state index in [4.69, 9.17) is 4.74 Å². The van der Waals surface area contributed by atoms with Gasteiger partial charge in [0.1, 0.15) is 5.75 Å². The summed E-state index contributed by atoms with van der Waals surface area (Å²) in [5.41, 5.74) is 0.973. The fraction of sp³-hybridized carbons (Fsp3) is 0.167. The molecule has 0 atom stereocenters. The molecule has 2 aromatic carbocycles. The number of nitrogens with one attached hydrogen (secondary N) is 1. The van der Waals surface area contributed by atoms with E-state index in [1.54, 1.807) is 30.3 Å². The normalized spacial score (nSPS) is 9.88. The summed E-state index contributed by atoms with van der Waals surface area (Å²) < 4.78 is 9.75. The second-order valence-electron chi connectivity index (χ2n) is 4.90. The average molecular weight is 327 g/mol.